The van der Waals surface area contributed by atoms with Crippen molar-refractivity contribution in [2.45, 2.75) is 12.3 Å². The molecule has 1 aromatic carbocycles. The molecule has 0 aliphatic carbocycles. The lowest BCUT2D eigenvalue weighted by Crippen LogP contribution is -2.13. The van der Waals surface area contributed by atoms with Crippen LogP contribution in [0.15, 0.2) is 12.1 Å². The number of anilines is 1. The molecule has 92 valence electrons. The van der Waals surface area contributed by atoms with Gasteiger partial charge in [-0.3, -0.25) is 4.79 Å². The standard InChI is InChI=1S/C12H15NO4/c1-16-10-5-8-7(3-4-14)12(15)13-9(8)6-11(10)17-2/h5-7,14H,3-4H2,1-2H3,(H,13,15). The summed E-state index contributed by atoms with van der Waals surface area (Å²) in [5.41, 5.74) is 1.58. The van der Waals surface area contributed by atoms with Gasteiger partial charge in [0.05, 0.1) is 20.1 Å². The molecule has 1 atom stereocenters. The van der Waals surface area contributed by atoms with Crippen molar-refractivity contribution in [3.63, 3.8) is 0 Å². The molecule has 0 fully saturated rings. The number of hydrogen-bond donors (Lipinski definition) is 2. The Labute approximate surface area is 99.3 Å². The van der Waals surface area contributed by atoms with Crippen LogP contribution in [0.5, 0.6) is 11.5 Å². The van der Waals surface area contributed by atoms with Crippen molar-refractivity contribution in [1.29, 1.82) is 0 Å². The number of hydrogen-bond acceptors (Lipinski definition) is 4. The van der Waals surface area contributed by atoms with Gasteiger partial charge in [0, 0.05) is 18.4 Å². The van der Waals surface area contributed by atoms with Crippen LogP contribution in [-0.4, -0.2) is 31.8 Å². The smallest absolute Gasteiger partial charge is 0.232 e. The molecule has 0 saturated heterocycles. The summed E-state index contributed by atoms with van der Waals surface area (Å²) < 4.78 is 10.4. The molecule has 5 heteroatoms. The van der Waals surface area contributed by atoms with Gasteiger partial charge in [0.25, 0.3) is 0 Å². The Morgan fingerprint density at radius 1 is 1.29 bits per heavy atom. The van der Waals surface area contributed by atoms with Gasteiger partial charge >= 0.3 is 0 Å². The maximum Gasteiger partial charge on any atom is 0.232 e. The molecule has 17 heavy (non-hydrogen) atoms. The second-order valence-corrected chi connectivity index (χ2v) is 3.85. The Balaban J connectivity index is 2.44. The lowest BCUT2D eigenvalue weighted by molar-refractivity contribution is -0.117. The number of fused-ring (bicyclic) bond motifs is 1. The van der Waals surface area contributed by atoms with Gasteiger partial charge < -0.3 is 19.9 Å². The van der Waals surface area contributed by atoms with Crippen molar-refractivity contribution >= 4 is 11.6 Å². The predicted molar refractivity (Wildman–Crippen MR) is 62.6 cm³/mol. The minimum atomic E-state index is -0.310. The first-order chi connectivity index (χ1) is 8.21. The lowest BCUT2D eigenvalue weighted by atomic mass is 9.97. The van der Waals surface area contributed by atoms with E-state index in [-0.39, 0.29) is 18.4 Å². The number of amides is 1. The molecule has 1 unspecified atom stereocenters. The van der Waals surface area contributed by atoms with Gasteiger partial charge in [-0.25, -0.2) is 0 Å². The van der Waals surface area contributed by atoms with Crippen LogP contribution < -0.4 is 14.8 Å². The monoisotopic (exact) mass is 237 g/mol. The molecule has 1 amide bonds. The second kappa shape index (κ2) is 4.63. The van der Waals surface area contributed by atoms with E-state index in [4.69, 9.17) is 14.6 Å². The summed E-state index contributed by atoms with van der Waals surface area (Å²) in [6.07, 6.45) is 0.411. The Morgan fingerprint density at radius 2 is 1.94 bits per heavy atom. The molecular formula is C12H15NO4. The van der Waals surface area contributed by atoms with E-state index in [1.54, 1.807) is 26.4 Å². The summed E-state index contributed by atoms with van der Waals surface area (Å²) in [4.78, 5) is 11.7. The number of ether oxygens (including phenoxy) is 2. The van der Waals surface area contributed by atoms with Crippen molar-refractivity contribution in [2.24, 2.45) is 0 Å². The average Bonchev–Trinajstić information content (AvgIpc) is 2.64. The summed E-state index contributed by atoms with van der Waals surface area (Å²) in [5, 5.41) is 11.7. The Bertz CT molecular complexity index is 444. The highest BCUT2D eigenvalue weighted by atomic mass is 16.5. The fourth-order valence-corrected chi connectivity index (χ4v) is 2.07. The van der Waals surface area contributed by atoms with E-state index in [0.717, 1.165) is 11.3 Å². The van der Waals surface area contributed by atoms with E-state index >= 15 is 0 Å². The fraction of sp³-hybridized carbons (Fsp3) is 0.417. The maximum absolute atomic E-state index is 11.7. The molecule has 2 N–H and O–H groups in total. The number of methoxy groups -OCH3 is 2. The van der Waals surface area contributed by atoms with Gasteiger partial charge in [-0.1, -0.05) is 0 Å². The van der Waals surface area contributed by atoms with Crippen LogP contribution in [0.4, 0.5) is 5.69 Å². The largest absolute Gasteiger partial charge is 0.493 e. The zero-order valence-corrected chi connectivity index (χ0v) is 9.82. The average molecular weight is 237 g/mol. The van der Waals surface area contributed by atoms with E-state index in [0.29, 0.717) is 17.9 Å². The summed E-state index contributed by atoms with van der Waals surface area (Å²) in [6.45, 7) is -0.0220. The number of carbonyl (C=O) groups excluding carboxylic acids is 1. The van der Waals surface area contributed by atoms with Gasteiger partial charge in [0.15, 0.2) is 11.5 Å². The third-order valence-electron chi connectivity index (χ3n) is 2.92. The number of aliphatic hydroxyl groups excluding tert-OH is 1. The first-order valence-electron chi connectivity index (χ1n) is 5.39. The first kappa shape index (κ1) is 11.7. The molecular weight excluding hydrogens is 222 g/mol. The Morgan fingerprint density at radius 3 is 2.53 bits per heavy atom. The summed E-state index contributed by atoms with van der Waals surface area (Å²) in [6, 6.07) is 3.52. The van der Waals surface area contributed by atoms with E-state index in [1.165, 1.54) is 0 Å². The van der Waals surface area contributed by atoms with Crippen molar-refractivity contribution < 1.29 is 19.4 Å². The van der Waals surface area contributed by atoms with E-state index in [1.807, 2.05) is 0 Å². The summed E-state index contributed by atoms with van der Waals surface area (Å²) in [7, 11) is 3.10. The van der Waals surface area contributed by atoms with Crippen LogP contribution in [0.1, 0.15) is 17.9 Å². The molecule has 1 aliphatic rings. The molecule has 1 heterocycles. The van der Waals surface area contributed by atoms with Gasteiger partial charge in [-0.05, 0) is 18.1 Å². The van der Waals surface area contributed by atoms with Crippen LogP contribution in [-0.2, 0) is 4.79 Å². The van der Waals surface area contributed by atoms with Crippen LogP contribution in [0, 0.1) is 0 Å². The molecule has 0 spiro atoms. The van der Waals surface area contributed by atoms with Gasteiger partial charge in [0.1, 0.15) is 0 Å². The Kier molecular flexibility index (Phi) is 3.19. The minimum Gasteiger partial charge on any atom is -0.493 e. The molecule has 1 aromatic rings. The van der Waals surface area contributed by atoms with Crippen molar-refractivity contribution in [1.82, 2.24) is 0 Å². The van der Waals surface area contributed by atoms with Crippen LogP contribution in [0.3, 0.4) is 0 Å². The van der Waals surface area contributed by atoms with Gasteiger partial charge in [-0.2, -0.15) is 0 Å². The molecule has 1 aliphatic heterocycles. The van der Waals surface area contributed by atoms with Crippen LogP contribution in [0.2, 0.25) is 0 Å². The minimum absolute atomic E-state index is 0.0220. The third-order valence-corrected chi connectivity index (χ3v) is 2.92. The summed E-state index contributed by atoms with van der Waals surface area (Å²) >= 11 is 0. The van der Waals surface area contributed by atoms with Crippen LogP contribution in [0.25, 0.3) is 0 Å². The SMILES string of the molecule is COc1cc2c(cc1OC)C(CCO)C(=O)N2. The zero-order chi connectivity index (χ0) is 12.4. The predicted octanol–water partition coefficient (Wildman–Crippen LogP) is 1.12. The highest BCUT2D eigenvalue weighted by Gasteiger charge is 2.31. The fourth-order valence-electron chi connectivity index (χ4n) is 2.07. The second-order valence-electron chi connectivity index (χ2n) is 3.85. The molecule has 0 saturated carbocycles. The van der Waals surface area contributed by atoms with Crippen molar-refractivity contribution in [3.8, 4) is 11.5 Å². The molecule has 5 nitrogen and oxygen atoms in total. The van der Waals surface area contributed by atoms with E-state index in [2.05, 4.69) is 5.32 Å². The van der Waals surface area contributed by atoms with Crippen molar-refractivity contribution in [3.05, 3.63) is 17.7 Å². The zero-order valence-electron chi connectivity index (χ0n) is 9.82. The van der Waals surface area contributed by atoms with E-state index < -0.39 is 0 Å². The molecule has 0 radical (unpaired) electrons. The third kappa shape index (κ3) is 1.93. The van der Waals surface area contributed by atoms with Crippen LogP contribution >= 0.6 is 0 Å². The number of benzene rings is 1. The quantitative estimate of drug-likeness (QED) is 0.823. The highest BCUT2D eigenvalue weighted by Crippen LogP contribution is 2.41. The van der Waals surface area contributed by atoms with Gasteiger partial charge in [-0.15, -0.1) is 0 Å². The molecule has 2 rings (SSSR count). The summed E-state index contributed by atoms with van der Waals surface area (Å²) in [5.74, 6) is 0.765. The number of nitrogens with one attached hydrogen (secondary N) is 1. The lowest BCUT2D eigenvalue weighted by Gasteiger charge is -2.11. The molecule has 0 aromatic heterocycles. The number of carbonyl (C=O) groups is 1. The highest BCUT2D eigenvalue weighted by molar-refractivity contribution is 6.03. The van der Waals surface area contributed by atoms with Gasteiger partial charge in [0.2, 0.25) is 5.91 Å². The number of rotatable bonds is 4. The normalized spacial score (nSPS) is 17.6. The van der Waals surface area contributed by atoms with E-state index in [9.17, 15) is 4.79 Å². The van der Waals surface area contributed by atoms with Crippen molar-refractivity contribution in [2.75, 3.05) is 26.1 Å². The topological polar surface area (TPSA) is 67.8 Å². The Hall–Kier alpha value is -1.75. The molecule has 0 bridgehead atoms. The maximum atomic E-state index is 11.7. The first-order valence-corrected chi connectivity index (χ1v) is 5.39. The number of aliphatic hydroxyl groups is 1.